The molecule has 1 saturated heterocycles. The second-order valence-electron chi connectivity index (χ2n) is 2.53. The molecule has 0 spiro atoms. The largest absolute Gasteiger partial charge is 0.376 e. The van der Waals surface area contributed by atoms with E-state index in [1.54, 1.807) is 0 Å². The van der Waals surface area contributed by atoms with Gasteiger partial charge >= 0.3 is 0 Å². The van der Waals surface area contributed by atoms with Gasteiger partial charge in [0.1, 0.15) is 0 Å². The van der Waals surface area contributed by atoms with Crippen LogP contribution < -0.4 is 0 Å². The number of rotatable bonds is 4. The topological polar surface area (TPSA) is 12.5 Å². The molecule has 3 heteroatoms. The van der Waals surface area contributed by atoms with Gasteiger partial charge in [0.15, 0.2) is 0 Å². The number of nitrogens with zero attached hydrogens (tertiary/aromatic N) is 1. The minimum atomic E-state index is 0.480. The molecule has 1 aliphatic rings. The Morgan fingerprint density at radius 3 is 2.80 bits per heavy atom. The molecule has 1 heterocycles. The highest BCUT2D eigenvalue weighted by atomic mass is 35.5. The third-order valence-electron chi connectivity index (χ3n) is 1.73. The molecule has 1 rings (SSSR count). The molecule has 0 aliphatic carbocycles. The molecular weight excluding hydrogens is 150 g/mol. The molecule has 2 nitrogen and oxygen atoms in total. The van der Waals surface area contributed by atoms with Crippen LogP contribution in [-0.4, -0.2) is 43.1 Å². The molecule has 0 N–H and O–H groups in total. The number of likely N-dealkylation sites (tertiary alicyclic amines) is 1. The van der Waals surface area contributed by atoms with Gasteiger partial charge in [0, 0.05) is 32.1 Å². The number of halogens is 1. The highest BCUT2D eigenvalue weighted by Gasteiger charge is 2.25. The average molecular weight is 164 g/mol. The Bertz CT molecular complexity index is 83.6. The van der Waals surface area contributed by atoms with E-state index in [4.69, 9.17) is 16.3 Å². The van der Waals surface area contributed by atoms with Crippen molar-refractivity contribution in [1.82, 2.24) is 4.90 Å². The van der Waals surface area contributed by atoms with Crippen molar-refractivity contribution in [2.45, 2.75) is 13.0 Å². The Balaban J connectivity index is 1.95. The van der Waals surface area contributed by atoms with E-state index >= 15 is 0 Å². The summed E-state index contributed by atoms with van der Waals surface area (Å²) in [4.78, 5) is 2.30. The first-order chi connectivity index (χ1) is 4.86. The monoisotopic (exact) mass is 163 g/mol. The van der Waals surface area contributed by atoms with E-state index in [1.807, 2.05) is 6.92 Å². The van der Waals surface area contributed by atoms with Crippen LogP contribution in [0.5, 0.6) is 0 Å². The summed E-state index contributed by atoms with van der Waals surface area (Å²) >= 11 is 5.55. The first-order valence-electron chi connectivity index (χ1n) is 3.76. The van der Waals surface area contributed by atoms with E-state index in [0.29, 0.717) is 6.10 Å². The van der Waals surface area contributed by atoms with Crippen LogP contribution in [0, 0.1) is 0 Å². The molecule has 60 valence electrons. The Morgan fingerprint density at radius 2 is 2.30 bits per heavy atom. The molecule has 0 aromatic carbocycles. The highest BCUT2D eigenvalue weighted by Crippen LogP contribution is 2.10. The van der Waals surface area contributed by atoms with E-state index in [2.05, 4.69) is 4.90 Å². The SMILES string of the molecule is CCOC1CN(CCCl)C1. The second-order valence-corrected chi connectivity index (χ2v) is 2.90. The maximum absolute atomic E-state index is 5.55. The minimum absolute atomic E-state index is 0.480. The van der Waals surface area contributed by atoms with Gasteiger partial charge in [-0.05, 0) is 6.92 Å². The van der Waals surface area contributed by atoms with Crippen LogP contribution in [0.25, 0.3) is 0 Å². The van der Waals surface area contributed by atoms with Gasteiger partial charge in [-0.25, -0.2) is 0 Å². The Kier molecular flexibility index (Phi) is 3.46. The molecule has 0 saturated carbocycles. The van der Waals surface area contributed by atoms with Crippen molar-refractivity contribution in [3.05, 3.63) is 0 Å². The molecule has 10 heavy (non-hydrogen) atoms. The predicted octanol–water partition coefficient (Wildman–Crippen LogP) is 0.946. The quantitative estimate of drug-likeness (QED) is 0.573. The van der Waals surface area contributed by atoms with E-state index in [-0.39, 0.29) is 0 Å². The van der Waals surface area contributed by atoms with Crippen molar-refractivity contribution in [2.75, 3.05) is 32.1 Å². The molecule has 0 unspecified atom stereocenters. The lowest BCUT2D eigenvalue weighted by molar-refractivity contribution is -0.0467. The van der Waals surface area contributed by atoms with Crippen LogP contribution in [0.3, 0.4) is 0 Å². The molecule has 0 atom stereocenters. The number of hydrogen-bond donors (Lipinski definition) is 0. The maximum atomic E-state index is 5.55. The van der Waals surface area contributed by atoms with Crippen molar-refractivity contribution in [2.24, 2.45) is 0 Å². The fourth-order valence-corrected chi connectivity index (χ4v) is 1.40. The molecule has 1 fully saturated rings. The van der Waals surface area contributed by atoms with E-state index in [0.717, 1.165) is 32.1 Å². The van der Waals surface area contributed by atoms with Crippen molar-refractivity contribution in [3.63, 3.8) is 0 Å². The highest BCUT2D eigenvalue weighted by molar-refractivity contribution is 6.18. The third-order valence-corrected chi connectivity index (χ3v) is 1.90. The first kappa shape index (κ1) is 8.31. The summed E-state index contributed by atoms with van der Waals surface area (Å²) < 4.78 is 5.37. The number of hydrogen-bond acceptors (Lipinski definition) is 2. The summed E-state index contributed by atoms with van der Waals surface area (Å²) in [5.74, 6) is 0.735. The zero-order valence-corrected chi connectivity index (χ0v) is 7.10. The minimum Gasteiger partial charge on any atom is -0.376 e. The number of alkyl halides is 1. The lowest BCUT2D eigenvalue weighted by Gasteiger charge is -2.38. The molecular formula is C7H14ClNO. The fraction of sp³-hybridized carbons (Fsp3) is 1.00. The maximum Gasteiger partial charge on any atom is 0.0828 e. The van der Waals surface area contributed by atoms with Gasteiger partial charge in [-0.1, -0.05) is 0 Å². The molecule has 0 radical (unpaired) electrons. The van der Waals surface area contributed by atoms with E-state index in [1.165, 1.54) is 0 Å². The normalized spacial score (nSPS) is 21.0. The summed E-state index contributed by atoms with van der Waals surface area (Å²) in [6.45, 7) is 6.01. The first-order valence-corrected chi connectivity index (χ1v) is 4.30. The predicted molar refractivity (Wildman–Crippen MR) is 42.6 cm³/mol. The zero-order chi connectivity index (χ0) is 7.40. The lowest BCUT2D eigenvalue weighted by atomic mass is 10.2. The van der Waals surface area contributed by atoms with Crippen LogP contribution >= 0.6 is 11.6 Å². The Morgan fingerprint density at radius 1 is 1.60 bits per heavy atom. The van der Waals surface area contributed by atoms with E-state index in [9.17, 15) is 0 Å². The molecule has 0 bridgehead atoms. The van der Waals surface area contributed by atoms with Crippen LogP contribution in [0.1, 0.15) is 6.92 Å². The van der Waals surface area contributed by atoms with Crippen molar-refractivity contribution < 1.29 is 4.74 Å². The lowest BCUT2D eigenvalue weighted by Crippen LogP contribution is -2.52. The van der Waals surface area contributed by atoms with Crippen molar-refractivity contribution in [3.8, 4) is 0 Å². The van der Waals surface area contributed by atoms with Gasteiger partial charge in [0.05, 0.1) is 6.10 Å². The molecule has 0 amide bonds. The number of ether oxygens (including phenoxy) is 1. The molecule has 0 aromatic heterocycles. The van der Waals surface area contributed by atoms with Crippen LogP contribution in [0.4, 0.5) is 0 Å². The molecule has 0 aromatic rings. The second kappa shape index (κ2) is 4.16. The van der Waals surface area contributed by atoms with Crippen LogP contribution in [-0.2, 0) is 4.74 Å². The summed E-state index contributed by atoms with van der Waals surface area (Å²) in [7, 11) is 0. The fourth-order valence-electron chi connectivity index (χ4n) is 1.17. The van der Waals surface area contributed by atoms with E-state index < -0.39 is 0 Å². The zero-order valence-electron chi connectivity index (χ0n) is 6.35. The van der Waals surface area contributed by atoms with Crippen LogP contribution in [0.15, 0.2) is 0 Å². The third kappa shape index (κ3) is 2.11. The van der Waals surface area contributed by atoms with Gasteiger partial charge in [-0.15, -0.1) is 11.6 Å². The van der Waals surface area contributed by atoms with Crippen molar-refractivity contribution in [1.29, 1.82) is 0 Å². The molecule has 1 aliphatic heterocycles. The Labute approximate surface area is 67.1 Å². The summed E-state index contributed by atoms with van der Waals surface area (Å²) in [6.07, 6.45) is 0.480. The summed E-state index contributed by atoms with van der Waals surface area (Å²) in [5, 5.41) is 0. The Hall–Kier alpha value is 0.210. The van der Waals surface area contributed by atoms with Gasteiger partial charge in [0.2, 0.25) is 0 Å². The van der Waals surface area contributed by atoms with Gasteiger partial charge in [0.25, 0.3) is 0 Å². The standard InChI is InChI=1S/C7H14ClNO/c1-2-10-7-5-9(6-7)4-3-8/h7H,2-6H2,1H3. The van der Waals surface area contributed by atoms with Gasteiger partial charge < -0.3 is 4.74 Å². The smallest absolute Gasteiger partial charge is 0.0828 e. The van der Waals surface area contributed by atoms with Gasteiger partial charge in [-0.3, -0.25) is 4.90 Å². The van der Waals surface area contributed by atoms with Gasteiger partial charge in [-0.2, -0.15) is 0 Å². The summed E-state index contributed by atoms with van der Waals surface area (Å²) in [6, 6.07) is 0. The summed E-state index contributed by atoms with van der Waals surface area (Å²) in [5.41, 5.74) is 0. The average Bonchev–Trinajstić information content (AvgIpc) is 1.84. The van der Waals surface area contributed by atoms with Crippen molar-refractivity contribution >= 4 is 11.6 Å². The van der Waals surface area contributed by atoms with Crippen LogP contribution in [0.2, 0.25) is 0 Å².